The van der Waals surface area contributed by atoms with Gasteiger partial charge in [-0.25, -0.2) is 0 Å². The van der Waals surface area contributed by atoms with E-state index in [0.29, 0.717) is 12.1 Å². The molecule has 2 aliphatic heterocycles. The third kappa shape index (κ3) is 4.15. The highest BCUT2D eigenvalue weighted by Gasteiger charge is 2.23. The Hall–Kier alpha value is -1.56. The van der Waals surface area contributed by atoms with Crippen LogP contribution in [0.5, 0.6) is 5.75 Å². The Labute approximate surface area is 162 Å². The lowest BCUT2D eigenvalue weighted by molar-refractivity contribution is 0.0844. The summed E-state index contributed by atoms with van der Waals surface area (Å²) in [6.45, 7) is 11.1. The van der Waals surface area contributed by atoms with E-state index in [1.54, 1.807) is 0 Å². The zero-order valence-electron chi connectivity index (χ0n) is 16.7. The minimum atomic E-state index is 0.274. The van der Waals surface area contributed by atoms with Crippen molar-refractivity contribution in [2.24, 2.45) is 0 Å². The van der Waals surface area contributed by atoms with Gasteiger partial charge in [0.2, 0.25) is 0 Å². The van der Waals surface area contributed by atoms with E-state index in [1.807, 2.05) is 0 Å². The van der Waals surface area contributed by atoms with Crippen LogP contribution in [-0.2, 0) is 13.1 Å². The molecule has 1 aromatic heterocycles. The van der Waals surface area contributed by atoms with Gasteiger partial charge in [0.15, 0.2) is 0 Å². The minimum Gasteiger partial charge on any atom is -0.490 e. The number of fused-ring (bicyclic) bond motifs is 3. The van der Waals surface area contributed by atoms with E-state index >= 15 is 0 Å². The molecule has 0 atom stereocenters. The molecule has 1 fully saturated rings. The molecule has 1 aromatic carbocycles. The predicted octanol–water partition coefficient (Wildman–Crippen LogP) is 3.09. The highest BCUT2D eigenvalue weighted by molar-refractivity contribution is 5.83. The topological polar surface area (TPSA) is 40.9 Å². The minimum absolute atomic E-state index is 0.274. The summed E-state index contributed by atoms with van der Waals surface area (Å²) in [6.07, 6.45) is 3.42. The molecule has 5 nitrogen and oxygen atoms in total. The van der Waals surface area contributed by atoms with Crippen LogP contribution in [0.3, 0.4) is 0 Å². The Morgan fingerprint density at radius 3 is 2.67 bits per heavy atom. The van der Waals surface area contributed by atoms with Crippen LogP contribution in [0.4, 0.5) is 0 Å². The van der Waals surface area contributed by atoms with Gasteiger partial charge < -0.3 is 19.3 Å². The Morgan fingerprint density at radius 1 is 1.11 bits per heavy atom. The lowest BCUT2D eigenvalue weighted by Gasteiger charge is -2.34. The molecule has 0 unspecified atom stereocenters. The number of hydrogen-bond donors (Lipinski definition) is 1. The van der Waals surface area contributed by atoms with E-state index in [1.165, 1.54) is 16.6 Å². The molecule has 5 heteroatoms. The van der Waals surface area contributed by atoms with Crippen molar-refractivity contribution in [2.45, 2.75) is 58.3 Å². The first-order valence-corrected chi connectivity index (χ1v) is 10.5. The average Bonchev–Trinajstić information content (AvgIpc) is 3.03. The largest absolute Gasteiger partial charge is 0.490 e. The summed E-state index contributed by atoms with van der Waals surface area (Å²) < 4.78 is 8.76. The molecule has 2 aliphatic rings. The van der Waals surface area contributed by atoms with E-state index in [0.717, 1.165) is 64.3 Å². The van der Waals surface area contributed by atoms with E-state index in [2.05, 4.69) is 52.5 Å². The molecule has 0 amide bonds. The van der Waals surface area contributed by atoms with Gasteiger partial charge in [-0.15, -0.1) is 0 Å². The van der Waals surface area contributed by atoms with Crippen LogP contribution in [0.15, 0.2) is 24.3 Å². The second-order valence-corrected chi connectivity index (χ2v) is 8.31. The van der Waals surface area contributed by atoms with Gasteiger partial charge in [-0.3, -0.25) is 4.90 Å². The van der Waals surface area contributed by atoms with E-state index in [4.69, 9.17) is 9.84 Å². The quantitative estimate of drug-likeness (QED) is 0.847. The molecule has 0 radical (unpaired) electrons. The molecule has 148 valence electrons. The van der Waals surface area contributed by atoms with Crippen molar-refractivity contribution in [3.8, 4) is 5.75 Å². The van der Waals surface area contributed by atoms with Crippen LogP contribution >= 0.6 is 0 Å². The number of aliphatic hydroxyl groups excluding tert-OH is 1. The molecule has 4 rings (SSSR count). The first kappa shape index (κ1) is 18.8. The van der Waals surface area contributed by atoms with Gasteiger partial charge in [0.05, 0.1) is 0 Å². The van der Waals surface area contributed by atoms with Crippen molar-refractivity contribution in [1.29, 1.82) is 0 Å². The van der Waals surface area contributed by atoms with Crippen LogP contribution < -0.4 is 4.74 Å². The summed E-state index contributed by atoms with van der Waals surface area (Å²) in [5.74, 6) is 1.01. The van der Waals surface area contributed by atoms with E-state index in [9.17, 15) is 0 Å². The first-order valence-electron chi connectivity index (χ1n) is 10.5. The Kier molecular flexibility index (Phi) is 5.71. The smallest absolute Gasteiger partial charge is 0.120 e. The van der Waals surface area contributed by atoms with Gasteiger partial charge in [0, 0.05) is 68.5 Å². The van der Waals surface area contributed by atoms with Gasteiger partial charge in [-0.1, -0.05) is 0 Å². The fourth-order valence-corrected chi connectivity index (χ4v) is 4.51. The summed E-state index contributed by atoms with van der Waals surface area (Å²) in [5, 5.41) is 10.3. The maximum Gasteiger partial charge on any atom is 0.120 e. The molecule has 0 bridgehead atoms. The maximum atomic E-state index is 9.06. The monoisotopic (exact) mass is 371 g/mol. The van der Waals surface area contributed by atoms with Crippen molar-refractivity contribution >= 4 is 10.9 Å². The first-order chi connectivity index (χ1) is 13.1. The van der Waals surface area contributed by atoms with Crippen LogP contribution in [-0.4, -0.2) is 64.4 Å². The van der Waals surface area contributed by atoms with Crippen molar-refractivity contribution in [1.82, 2.24) is 14.4 Å². The van der Waals surface area contributed by atoms with Crippen molar-refractivity contribution in [2.75, 3.05) is 32.8 Å². The number of hydrogen-bond acceptors (Lipinski definition) is 4. The number of aliphatic hydroxyl groups is 1. The van der Waals surface area contributed by atoms with Gasteiger partial charge in [-0.05, 0) is 57.4 Å². The van der Waals surface area contributed by atoms with Crippen molar-refractivity contribution in [3.63, 3.8) is 0 Å². The van der Waals surface area contributed by atoms with Gasteiger partial charge in [0.25, 0.3) is 0 Å². The lowest BCUT2D eigenvalue weighted by atomic mass is 10.1. The SMILES string of the molecule is CC(C)N1CCC(Oc2ccc3c(c2)cc2n3CCN(CCCO)C2)CC1. The molecule has 0 saturated carbocycles. The molecule has 0 spiro atoms. The van der Waals surface area contributed by atoms with Crippen molar-refractivity contribution < 1.29 is 9.84 Å². The highest BCUT2D eigenvalue weighted by Crippen LogP contribution is 2.29. The molecule has 1 N–H and O–H groups in total. The fraction of sp³-hybridized carbons (Fsp3) is 0.636. The van der Waals surface area contributed by atoms with E-state index in [-0.39, 0.29) is 6.61 Å². The van der Waals surface area contributed by atoms with Gasteiger partial charge >= 0.3 is 0 Å². The van der Waals surface area contributed by atoms with Gasteiger partial charge in [-0.2, -0.15) is 0 Å². The van der Waals surface area contributed by atoms with Crippen LogP contribution in [0.25, 0.3) is 10.9 Å². The zero-order valence-corrected chi connectivity index (χ0v) is 16.7. The summed E-state index contributed by atoms with van der Waals surface area (Å²) in [4.78, 5) is 4.97. The molecule has 1 saturated heterocycles. The van der Waals surface area contributed by atoms with Crippen LogP contribution in [0.1, 0.15) is 38.8 Å². The molecule has 2 aromatic rings. The maximum absolute atomic E-state index is 9.06. The summed E-state index contributed by atoms with van der Waals surface area (Å²) >= 11 is 0. The van der Waals surface area contributed by atoms with E-state index < -0.39 is 0 Å². The fourth-order valence-electron chi connectivity index (χ4n) is 4.51. The number of nitrogens with zero attached hydrogens (tertiary/aromatic N) is 3. The molecular weight excluding hydrogens is 338 g/mol. The molecular formula is C22H33N3O2. The number of aromatic nitrogens is 1. The number of ether oxygens (including phenoxy) is 1. The predicted molar refractivity (Wildman–Crippen MR) is 109 cm³/mol. The number of likely N-dealkylation sites (tertiary alicyclic amines) is 1. The third-order valence-electron chi connectivity index (χ3n) is 6.13. The third-order valence-corrected chi connectivity index (χ3v) is 6.13. The van der Waals surface area contributed by atoms with Crippen molar-refractivity contribution in [3.05, 3.63) is 30.0 Å². The zero-order chi connectivity index (χ0) is 18.8. The number of benzene rings is 1. The summed E-state index contributed by atoms with van der Waals surface area (Å²) in [5.41, 5.74) is 2.69. The van der Waals surface area contributed by atoms with Gasteiger partial charge in [0.1, 0.15) is 11.9 Å². The second kappa shape index (κ2) is 8.21. The normalized spacial score (nSPS) is 19.7. The summed E-state index contributed by atoms with van der Waals surface area (Å²) in [6, 6.07) is 9.53. The van der Waals surface area contributed by atoms with Crippen LogP contribution in [0.2, 0.25) is 0 Å². The highest BCUT2D eigenvalue weighted by atomic mass is 16.5. The Morgan fingerprint density at radius 2 is 1.93 bits per heavy atom. The summed E-state index contributed by atoms with van der Waals surface area (Å²) in [7, 11) is 0. The number of piperidine rings is 1. The molecule has 27 heavy (non-hydrogen) atoms. The standard InChI is InChI=1S/C22H33N3O2/c1-17(2)24-9-6-20(7-10-24)27-21-4-5-22-18(15-21)14-19-16-23(8-3-13-26)11-12-25(19)22/h4-5,14-15,17,20,26H,3,6-13,16H2,1-2H3. The molecule has 3 heterocycles. The lowest BCUT2D eigenvalue weighted by Crippen LogP contribution is -2.41. The number of rotatable bonds is 6. The Balaban J connectivity index is 1.43. The molecule has 0 aliphatic carbocycles. The average molecular weight is 372 g/mol. The second-order valence-electron chi connectivity index (χ2n) is 8.31. The Bertz CT molecular complexity index is 762. The van der Waals surface area contributed by atoms with Crippen LogP contribution in [0, 0.1) is 0 Å².